The van der Waals surface area contributed by atoms with Gasteiger partial charge in [-0.25, -0.2) is 0 Å². The number of aryl methyl sites for hydroxylation is 1. The molecule has 0 saturated heterocycles. The van der Waals surface area contributed by atoms with E-state index in [0.717, 1.165) is 30.4 Å². The van der Waals surface area contributed by atoms with Crippen LogP contribution in [0, 0.1) is 11.3 Å². The number of ketones is 1. The molecule has 0 radical (unpaired) electrons. The lowest BCUT2D eigenvalue weighted by atomic mass is 9.63. The van der Waals surface area contributed by atoms with Gasteiger partial charge in [0.15, 0.2) is 5.78 Å². The Labute approximate surface area is 153 Å². The van der Waals surface area contributed by atoms with Crippen LogP contribution in [0.1, 0.15) is 40.7 Å². The average molecular weight is 346 g/mol. The van der Waals surface area contributed by atoms with Gasteiger partial charge in [-0.2, -0.15) is 0 Å². The molecule has 0 heterocycles. The van der Waals surface area contributed by atoms with Gasteiger partial charge in [-0.3, -0.25) is 9.59 Å². The number of hydrogen-bond acceptors (Lipinski definition) is 3. The summed E-state index contributed by atoms with van der Waals surface area (Å²) in [6.45, 7) is 0.201. The maximum absolute atomic E-state index is 13.4. The summed E-state index contributed by atoms with van der Waals surface area (Å²) < 4.78 is 5.68. The monoisotopic (exact) mass is 346 g/mol. The molecule has 4 rings (SSSR count). The van der Waals surface area contributed by atoms with Gasteiger partial charge in [0, 0.05) is 11.5 Å². The number of esters is 1. The van der Waals surface area contributed by atoms with Crippen molar-refractivity contribution >= 4 is 11.8 Å². The second-order valence-corrected chi connectivity index (χ2v) is 7.13. The van der Waals surface area contributed by atoms with Crippen molar-refractivity contribution in [3.05, 3.63) is 83.4 Å². The van der Waals surface area contributed by atoms with Crippen LogP contribution in [0.5, 0.6) is 0 Å². The Hall–Kier alpha value is -2.68. The minimum Gasteiger partial charge on any atom is -0.460 e. The minimum absolute atomic E-state index is 0.0750. The summed E-state index contributed by atoms with van der Waals surface area (Å²) in [5.74, 6) is -0.530. The molecule has 132 valence electrons. The number of benzene rings is 2. The number of allylic oxidation sites excluding steroid dienone is 2. The standard InChI is InChI=1S/C23H22O3/c24-21-20-13-7-4-10-18(20)14-15-23(21,19-11-5-6-12-19)22(25)26-16-17-8-2-1-3-9-17/h1-5,7-11,13,19H,6,12,14-16H2/t19-,23+/m1/s1. The van der Waals surface area contributed by atoms with Crippen LogP contribution in [0.15, 0.2) is 66.7 Å². The Morgan fingerprint density at radius 3 is 2.62 bits per heavy atom. The van der Waals surface area contributed by atoms with Gasteiger partial charge in [0.25, 0.3) is 0 Å². The predicted molar refractivity (Wildman–Crippen MR) is 99.6 cm³/mol. The number of carbonyl (C=O) groups excluding carboxylic acids is 2. The molecule has 2 atom stereocenters. The molecule has 0 bridgehead atoms. The lowest BCUT2D eigenvalue weighted by molar-refractivity contribution is -0.157. The van der Waals surface area contributed by atoms with Crippen molar-refractivity contribution in [2.75, 3.05) is 0 Å². The molecule has 26 heavy (non-hydrogen) atoms. The van der Waals surface area contributed by atoms with Crippen molar-refractivity contribution in [2.45, 2.75) is 32.3 Å². The largest absolute Gasteiger partial charge is 0.460 e. The average Bonchev–Trinajstić information content (AvgIpc) is 3.23. The van der Waals surface area contributed by atoms with Gasteiger partial charge in [0.1, 0.15) is 12.0 Å². The Morgan fingerprint density at radius 2 is 1.85 bits per heavy atom. The van der Waals surface area contributed by atoms with E-state index in [0.29, 0.717) is 12.0 Å². The van der Waals surface area contributed by atoms with E-state index in [1.807, 2.05) is 60.7 Å². The van der Waals surface area contributed by atoms with Gasteiger partial charge < -0.3 is 4.74 Å². The molecule has 0 unspecified atom stereocenters. The minimum atomic E-state index is -1.09. The number of Topliss-reactive ketones (excluding diaryl/α,β-unsaturated/α-hetero) is 1. The summed E-state index contributed by atoms with van der Waals surface area (Å²) >= 11 is 0. The molecule has 2 aromatic carbocycles. The maximum Gasteiger partial charge on any atom is 0.320 e. The second-order valence-electron chi connectivity index (χ2n) is 7.13. The summed E-state index contributed by atoms with van der Waals surface area (Å²) in [5, 5.41) is 0. The summed E-state index contributed by atoms with van der Waals surface area (Å²) in [6, 6.07) is 17.3. The Bertz CT molecular complexity index is 853. The first-order valence-corrected chi connectivity index (χ1v) is 9.22. The third kappa shape index (κ3) is 2.78. The number of fused-ring (bicyclic) bond motifs is 1. The van der Waals surface area contributed by atoms with E-state index in [9.17, 15) is 9.59 Å². The van der Waals surface area contributed by atoms with Crippen molar-refractivity contribution in [1.29, 1.82) is 0 Å². The van der Waals surface area contributed by atoms with Gasteiger partial charge in [-0.1, -0.05) is 66.7 Å². The Balaban J connectivity index is 1.65. The van der Waals surface area contributed by atoms with Crippen LogP contribution in [0.2, 0.25) is 0 Å². The van der Waals surface area contributed by atoms with Crippen LogP contribution in [0.4, 0.5) is 0 Å². The van der Waals surface area contributed by atoms with Gasteiger partial charge in [0.2, 0.25) is 0 Å². The zero-order chi connectivity index (χ0) is 18.0. The van der Waals surface area contributed by atoms with E-state index >= 15 is 0 Å². The summed E-state index contributed by atoms with van der Waals surface area (Å²) in [4.78, 5) is 26.7. The fourth-order valence-electron chi connectivity index (χ4n) is 4.24. The van der Waals surface area contributed by atoms with Gasteiger partial charge in [-0.15, -0.1) is 0 Å². The van der Waals surface area contributed by atoms with Crippen molar-refractivity contribution in [1.82, 2.24) is 0 Å². The smallest absolute Gasteiger partial charge is 0.320 e. The first kappa shape index (κ1) is 16.8. The molecule has 3 nitrogen and oxygen atoms in total. The molecular formula is C23H22O3. The fourth-order valence-corrected chi connectivity index (χ4v) is 4.24. The molecule has 0 aliphatic heterocycles. The number of carbonyl (C=O) groups is 2. The fraction of sp³-hybridized carbons (Fsp3) is 0.304. The number of ether oxygens (including phenoxy) is 1. The molecule has 0 amide bonds. The molecule has 0 aromatic heterocycles. The second kappa shape index (κ2) is 6.91. The highest BCUT2D eigenvalue weighted by Gasteiger charge is 2.54. The SMILES string of the molecule is O=C(OCc1ccccc1)[C@]1([C@@H]2C=CCC2)CCc2ccccc2C1=O. The van der Waals surface area contributed by atoms with Crippen LogP contribution in [0.3, 0.4) is 0 Å². The first-order valence-electron chi connectivity index (χ1n) is 9.22. The Morgan fingerprint density at radius 1 is 1.08 bits per heavy atom. The molecule has 2 aliphatic rings. The number of hydrogen-bond donors (Lipinski definition) is 0. The lowest BCUT2D eigenvalue weighted by Gasteiger charge is -2.38. The maximum atomic E-state index is 13.4. The van der Waals surface area contributed by atoms with Crippen LogP contribution in [-0.2, 0) is 22.6 Å². The Kier molecular flexibility index (Phi) is 4.46. The molecular weight excluding hydrogens is 324 g/mol. The first-order chi connectivity index (χ1) is 12.7. The van der Waals surface area contributed by atoms with Gasteiger partial charge in [-0.05, 0) is 36.8 Å². The summed E-state index contributed by atoms with van der Waals surface area (Å²) in [6.07, 6.45) is 7.10. The van der Waals surface area contributed by atoms with Crippen LogP contribution >= 0.6 is 0 Å². The zero-order valence-corrected chi connectivity index (χ0v) is 14.7. The quantitative estimate of drug-likeness (QED) is 0.465. The van der Waals surface area contributed by atoms with E-state index in [-0.39, 0.29) is 24.3 Å². The highest BCUT2D eigenvalue weighted by molar-refractivity contribution is 6.14. The van der Waals surface area contributed by atoms with E-state index in [4.69, 9.17) is 4.74 Å². The van der Waals surface area contributed by atoms with Gasteiger partial charge in [0.05, 0.1) is 0 Å². The predicted octanol–water partition coefficient (Wildman–Crippen LogP) is 4.51. The van der Waals surface area contributed by atoms with Crippen molar-refractivity contribution in [3.63, 3.8) is 0 Å². The van der Waals surface area contributed by atoms with E-state index in [2.05, 4.69) is 6.08 Å². The molecule has 0 fully saturated rings. The topological polar surface area (TPSA) is 43.4 Å². The molecule has 0 N–H and O–H groups in total. The summed E-state index contributed by atoms with van der Waals surface area (Å²) in [7, 11) is 0. The normalized spacial score (nSPS) is 24.3. The summed E-state index contributed by atoms with van der Waals surface area (Å²) in [5.41, 5.74) is 1.55. The van der Waals surface area contributed by atoms with E-state index < -0.39 is 5.41 Å². The van der Waals surface area contributed by atoms with Gasteiger partial charge >= 0.3 is 5.97 Å². The molecule has 0 spiro atoms. The van der Waals surface area contributed by atoms with Crippen molar-refractivity contribution in [3.8, 4) is 0 Å². The third-order valence-corrected chi connectivity index (χ3v) is 5.68. The molecule has 2 aromatic rings. The van der Waals surface area contributed by atoms with Crippen molar-refractivity contribution < 1.29 is 14.3 Å². The van der Waals surface area contributed by atoms with Crippen LogP contribution < -0.4 is 0 Å². The number of rotatable bonds is 4. The zero-order valence-electron chi connectivity index (χ0n) is 14.7. The van der Waals surface area contributed by atoms with Crippen LogP contribution in [-0.4, -0.2) is 11.8 Å². The third-order valence-electron chi connectivity index (χ3n) is 5.68. The molecule has 0 saturated carbocycles. The highest BCUT2D eigenvalue weighted by atomic mass is 16.5. The lowest BCUT2D eigenvalue weighted by Crippen LogP contribution is -2.48. The highest BCUT2D eigenvalue weighted by Crippen LogP contribution is 2.46. The molecule has 2 aliphatic carbocycles. The molecule has 3 heteroatoms. The van der Waals surface area contributed by atoms with E-state index in [1.165, 1.54) is 0 Å². The van der Waals surface area contributed by atoms with Crippen molar-refractivity contribution in [2.24, 2.45) is 11.3 Å². The van der Waals surface area contributed by atoms with E-state index in [1.54, 1.807) is 0 Å². The van der Waals surface area contributed by atoms with Crippen LogP contribution in [0.25, 0.3) is 0 Å².